The number of amides is 1. The zero-order chi connectivity index (χ0) is 24.5. The van der Waals surface area contributed by atoms with Crippen LogP contribution in [0.5, 0.6) is 0 Å². The molecule has 0 spiro atoms. The molecule has 1 saturated carbocycles. The highest BCUT2D eigenvalue weighted by Gasteiger charge is 2.24. The van der Waals surface area contributed by atoms with E-state index in [0.717, 1.165) is 51.6 Å². The molecule has 186 valence electrons. The molecule has 1 amide bonds. The lowest BCUT2D eigenvalue weighted by Gasteiger charge is -2.29. The van der Waals surface area contributed by atoms with Crippen molar-refractivity contribution in [1.29, 1.82) is 0 Å². The summed E-state index contributed by atoms with van der Waals surface area (Å²) >= 11 is 0. The summed E-state index contributed by atoms with van der Waals surface area (Å²) in [4.78, 5) is 30.5. The molecule has 2 fully saturated rings. The van der Waals surface area contributed by atoms with Crippen molar-refractivity contribution < 1.29 is 9.53 Å². The number of H-pyrrole nitrogens is 1. The molecule has 1 aromatic carbocycles. The van der Waals surface area contributed by atoms with Gasteiger partial charge in [-0.2, -0.15) is 0 Å². The minimum absolute atomic E-state index is 0.126. The second kappa shape index (κ2) is 12.7. The summed E-state index contributed by atoms with van der Waals surface area (Å²) in [5.41, 5.74) is 2.32. The Bertz CT molecular complexity index is 957. The van der Waals surface area contributed by atoms with Crippen LogP contribution in [0.4, 0.5) is 11.4 Å². The molecule has 0 bridgehead atoms. The van der Waals surface area contributed by atoms with Gasteiger partial charge in [0, 0.05) is 25.0 Å². The number of ether oxygens (including phenoxy) is 1. The fourth-order valence-corrected chi connectivity index (χ4v) is 4.86. The van der Waals surface area contributed by atoms with Gasteiger partial charge in [0.05, 0.1) is 11.8 Å². The molecule has 2 aliphatic rings. The number of piperidine rings is 1. The van der Waals surface area contributed by atoms with Crippen LogP contribution in [0.15, 0.2) is 41.3 Å². The molecule has 7 heteroatoms. The van der Waals surface area contributed by atoms with Gasteiger partial charge in [-0.25, -0.2) is 0 Å². The molecule has 0 radical (unpaired) electrons. The van der Waals surface area contributed by atoms with E-state index in [-0.39, 0.29) is 17.2 Å². The first-order valence-corrected chi connectivity index (χ1v) is 12.6. The van der Waals surface area contributed by atoms with Crippen LogP contribution in [0.25, 0.3) is 0 Å². The van der Waals surface area contributed by atoms with Gasteiger partial charge in [0.2, 0.25) is 0 Å². The predicted molar refractivity (Wildman–Crippen MR) is 139 cm³/mol. The van der Waals surface area contributed by atoms with Crippen LogP contribution in [-0.4, -0.2) is 55.2 Å². The molecule has 2 aromatic rings. The number of pyridine rings is 1. The van der Waals surface area contributed by atoms with Crippen LogP contribution in [0, 0.1) is 0 Å². The number of aromatic nitrogens is 1. The van der Waals surface area contributed by atoms with Crippen molar-refractivity contribution in [3.05, 3.63) is 58.0 Å². The van der Waals surface area contributed by atoms with Crippen LogP contribution in [0.3, 0.4) is 0 Å². The number of carbonyl (C=O) groups is 1. The molecule has 1 aromatic heterocycles. The van der Waals surface area contributed by atoms with Crippen LogP contribution in [0.2, 0.25) is 0 Å². The standard InChI is InChI=1S/C25H34N4O3.C2H6/c1-29-15-12-18(13-16-29)17-3-5-20(6-4-17)28-25(31)23-22(11-14-26-24(23)30)27-19-7-9-21(32-2)10-8-19;1-2/h3-6,11,14,18-19,21H,7-10,12-13,15-16H2,1-2H3,(H,28,31)(H2,26,27,30);1-2H3. The summed E-state index contributed by atoms with van der Waals surface area (Å²) in [6, 6.07) is 10.0. The Balaban J connectivity index is 0.00000158. The number of rotatable bonds is 6. The highest BCUT2D eigenvalue weighted by Crippen LogP contribution is 2.29. The van der Waals surface area contributed by atoms with Crippen molar-refractivity contribution >= 4 is 17.3 Å². The number of nitrogens with zero attached hydrogens (tertiary/aromatic N) is 1. The van der Waals surface area contributed by atoms with Gasteiger partial charge in [-0.05, 0) is 88.3 Å². The molecule has 2 heterocycles. The van der Waals surface area contributed by atoms with Crippen LogP contribution in [0.1, 0.15) is 74.2 Å². The maximum absolute atomic E-state index is 13.0. The van der Waals surface area contributed by atoms with E-state index in [1.54, 1.807) is 19.4 Å². The molecule has 3 N–H and O–H groups in total. The molecular weight excluding hydrogens is 428 g/mol. The SMILES string of the molecule is CC.COC1CCC(Nc2cc[nH]c(=O)c2C(=O)Nc2ccc(C3CCN(C)CC3)cc2)CC1. The van der Waals surface area contributed by atoms with Crippen molar-refractivity contribution in [1.82, 2.24) is 9.88 Å². The summed E-state index contributed by atoms with van der Waals surface area (Å²) in [7, 11) is 3.91. The molecule has 0 unspecified atom stereocenters. The van der Waals surface area contributed by atoms with E-state index < -0.39 is 5.91 Å². The zero-order valence-electron chi connectivity index (χ0n) is 21.0. The van der Waals surface area contributed by atoms with E-state index in [4.69, 9.17) is 4.74 Å². The third-order valence-electron chi connectivity index (χ3n) is 6.91. The quantitative estimate of drug-likeness (QED) is 0.565. The van der Waals surface area contributed by atoms with Gasteiger partial charge >= 0.3 is 0 Å². The molecule has 1 aliphatic heterocycles. The second-order valence-corrected chi connectivity index (χ2v) is 9.10. The average Bonchev–Trinajstić information content (AvgIpc) is 2.87. The minimum Gasteiger partial charge on any atom is -0.381 e. The molecule has 7 nitrogen and oxygen atoms in total. The molecule has 0 atom stereocenters. The van der Waals surface area contributed by atoms with Crippen LogP contribution >= 0.6 is 0 Å². The Labute approximate surface area is 203 Å². The van der Waals surface area contributed by atoms with E-state index in [1.165, 1.54) is 5.56 Å². The fourth-order valence-electron chi connectivity index (χ4n) is 4.86. The molecule has 1 aliphatic carbocycles. The first-order valence-electron chi connectivity index (χ1n) is 12.6. The van der Waals surface area contributed by atoms with E-state index >= 15 is 0 Å². The van der Waals surface area contributed by atoms with Crippen molar-refractivity contribution in [3.8, 4) is 0 Å². The predicted octanol–water partition coefficient (Wildman–Crippen LogP) is 4.83. The van der Waals surface area contributed by atoms with Crippen LogP contribution in [-0.2, 0) is 4.74 Å². The van der Waals surface area contributed by atoms with E-state index in [2.05, 4.69) is 39.7 Å². The largest absolute Gasteiger partial charge is 0.381 e. The maximum atomic E-state index is 13.0. The Hall–Kier alpha value is -2.64. The third-order valence-corrected chi connectivity index (χ3v) is 6.91. The Morgan fingerprint density at radius 1 is 1.00 bits per heavy atom. The number of nitrogens with one attached hydrogen (secondary N) is 3. The Kier molecular flexibility index (Phi) is 9.72. The summed E-state index contributed by atoms with van der Waals surface area (Å²) in [5.74, 6) is 0.170. The number of methoxy groups -OCH3 is 1. The maximum Gasteiger partial charge on any atom is 0.263 e. The highest BCUT2D eigenvalue weighted by molar-refractivity contribution is 6.07. The van der Waals surface area contributed by atoms with Crippen molar-refractivity contribution in [3.63, 3.8) is 0 Å². The number of benzene rings is 1. The monoisotopic (exact) mass is 468 g/mol. The number of anilines is 2. The molecular formula is C27H40N4O3. The minimum atomic E-state index is -0.396. The van der Waals surface area contributed by atoms with Gasteiger partial charge in [-0.3, -0.25) is 9.59 Å². The second-order valence-electron chi connectivity index (χ2n) is 9.10. The van der Waals surface area contributed by atoms with Crippen molar-refractivity contribution in [2.75, 3.05) is 37.9 Å². The van der Waals surface area contributed by atoms with Gasteiger partial charge in [-0.15, -0.1) is 0 Å². The third kappa shape index (κ3) is 6.70. The Morgan fingerprint density at radius 2 is 1.65 bits per heavy atom. The smallest absolute Gasteiger partial charge is 0.263 e. The highest BCUT2D eigenvalue weighted by atomic mass is 16.5. The number of likely N-dealkylation sites (tertiary alicyclic amines) is 1. The van der Waals surface area contributed by atoms with E-state index in [1.807, 2.05) is 26.0 Å². The summed E-state index contributed by atoms with van der Waals surface area (Å²) < 4.78 is 5.44. The first-order chi connectivity index (χ1) is 16.5. The normalized spacial score (nSPS) is 21.3. The van der Waals surface area contributed by atoms with Gasteiger partial charge in [0.25, 0.3) is 11.5 Å². The fraction of sp³-hybridized carbons (Fsp3) is 0.556. The average molecular weight is 469 g/mol. The van der Waals surface area contributed by atoms with Gasteiger partial charge in [0.15, 0.2) is 0 Å². The number of hydrogen-bond donors (Lipinski definition) is 3. The first kappa shape index (κ1) is 26.0. The van der Waals surface area contributed by atoms with Gasteiger partial charge in [0.1, 0.15) is 5.56 Å². The summed E-state index contributed by atoms with van der Waals surface area (Å²) in [6.45, 7) is 6.23. The zero-order valence-corrected chi connectivity index (χ0v) is 21.0. The van der Waals surface area contributed by atoms with Crippen molar-refractivity contribution in [2.45, 2.75) is 70.4 Å². The number of hydrogen-bond acceptors (Lipinski definition) is 5. The van der Waals surface area contributed by atoms with E-state index in [9.17, 15) is 9.59 Å². The number of carbonyl (C=O) groups excluding carboxylic acids is 1. The lowest BCUT2D eigenvalue weighted by Crippen LogP contribution is -2.32. The van der Waals surface area contributed by atoms with Crippen LogP contribution < -0.4 is 16.2 Å². The molecule has 4 rings (SSSR count). The van der Waals surface area contributed by atoms with Crippen molar-refractivity contribution in [2.24, 2.45) is 0 Å². The Morgan fingerprint density at radius 3 is 2.26 bits per heavy atom. The lowest BCUT2D eigenvalue weighted by molar-refractivity contribution is 0.0681. The molecule has 34 heavy (non-hydrogen) atoms. The van der Waals surface area contributed by atoms with E-state index in [0.29, 0.717) is 23.4 Å². The van der Waals surface area contributed by atoms with Gasteiger partial charge in [-0.1, -0.05) is 26.0 Å². The lowest BCUT2D eigenvalue weighted by atomic mass is 9.89. The summed E-state index contributed by atoms with van der Waals surface area (Å²) in [6.07, 6.45) is 8.04. The summed E-state index contributed by atoms with van der Waals surface area (Å²) in [5, 5.41) is 6.32. The van der Waals surface area contributed by atoms with Gasteiger partial charge < -0.3 is 25.3 Å². The molecule has 1 saturated heterocycles. The topological polar surface area (TPSA) is 86.5 Å². The number of aromatic amines is 1.